The highest BCUT2D eigenvalue weighted by Gasteiger charge is 2.32. The quantitative estimate of drug-likeness (QED) is 0.904. The van der Waals surface area contributed by atoms with Crippen molar-refractivity contribution in [3.05, 3.63) is 34.9 Å². The van der Waals surface area contributed by atoms with Crippen molar-refractivity contribution in [2.45, 2.75) is 25.8 Å². The lowest BCUT2D eigenvalue weighted by Gasteiger charge is -2.21. The van der Waals surface area contributed by atoms with Crippen LogP contribution in [0.5, 0.6) is 0 Å². The molecule has 0 aromatic carbocycles. The van der Waals surface area contributed by atoms with Crippen molar-refractivity contribution >= 4 is 32.5 Å². The van der Waals surface area contributed by atoms with Crippen LogP contribution in [-0.2, 0) is 21.4 Å². The highest BCUT2D eigenvalue weighted by Crippen LogP contribution is 2.41. The van der Waals surface area contributed by atoms with Gasteiger partial charge in [-0.05, 0) is 30.6 Å². The average molecular weight is 355 g/mol. The van der Waals surface area contributed by atoms with Crippen LogP contribution in [-0.4, -0.2) is 36.3 Å². The number of hydrogen-bond donors (Lipinski definition) is 1. The van der Waals surface area contributed by atoms with Crippen molar-refractivity contribution in [1.29, 1.82) is 0 Å². The number of aryl methyl sites for hydroxylation is 1. The molecular formula is C14H17N3O4S2. The maximum atomic E-state index is 11.9. The van der Waals surface area contributed by atoms with E-state index in [1.165, 1.54) is 22.9 Å². The number of nitrogens with one attached hydrogen (secondary N) is 1. The molecule has 0 aliphatic carbocycles. The molecule has 7 nitrogen and oxygen atoms in total. The molecule has 1 unspecified atom stereocenters. The van der Waals surface area contributed by atoms with Crippen molar-refractivity contribution in [3.8, 4) is 0 Å². The van der Waals surface area contributed by atoms with Gasteiger partial charge in [-0.25, -0.2) is 8.42 Å². The fourth-order valence-corrected chi connectivity index (χ4v) is 3.82. The van der Waals surface area contributed by atoms with Gasteiger partial charge < -0.3 is 9.73 Å². The predicted molar refractivity (Wildman–Crippen MR) is 87.0 cm³/mol. The smallest absolute Gasteiger partial charge is 0.226 e. The molecule has 1 amide bonds. The second-order valence-corrected chi connectivity index (χ2v) is 8.50. The van der Waals surface area contributed by atoms with Gasteiger partial charge in [0.1, 0.15) is 16.5 Å². The molecule has 23 heavy (non-hydrogen) atoms. The van der Waals surface area contributed by atoms with E-state index >= 15 is 0 Å². The number of anilines is 1. The summed E-state index contributed by atoms with van der Waals surface area (Å²) in [7, 11) is -1.77. The minimum Gasteiger partial charge on any atom is -0.464 e. The summed E-state index contributed by atoms with van der Waals surface area (Å²) in [5.41, 5.74) is 1.85. The summed E-state index contributed by atoms with van der Waals surface area (Å²) < 4.78 is 34.3. The Kier molecular flexibility index (Phi) is 4.03. The lowest BCUT2D eigenvalue weighted by Crippen LogP contribution is -2.24. The van der Waals surface area contributed by atoms with Crippen LogP contribution in [0, 0.1) is 6.92 Å². The first kappa shape index (κ1) is 16.2. The van der Waals surface area contributed by atoms with Gasteiger partial charge in [0.25, 0.3) is 0 Å². The van der Waals surface area contributed by atoms with E-state index < -0.39 is 10.0 Å². The number of carbonyl (C=O) groups is 1. The number of furan rings is 1. The first-order chi connectivity index (χ1) is 10.8. The topological polar surface area (TPSA) is 92.5 Å². The van der Waals surface area contributed by atoms with Crippen LogP contribution < -0.4 is 5.32 Å². The largest absolute Gasteiger partial charge is 0.464 e. The molecule has 2 aromatic rings. The monoisotopic (exact) mass is 355 g/mol. The molecular weight excluding hydrogens is 338 g/mol. The van der Waals surface area contributed by atoms with E-state index in [0.717, 1.165) is 22.5 Å². The Morgan fingerprint density at radius 3 is 2.91 bits per heavy atom. The molecule has 0 radical (unpaired) electrons. The van der Waals surface area contributed by atoms with Gasteiger partial charge in [0.15, 0.2) is 0 Å². The third-order valence-electron chi connectivity index (χ3n) is 3.87. The lowest BCUT2D eigenvalue weighted by atomic mass is 9.90. The summed E-state index contributed by atoms with van der Waals surface area (Å²) in [5, 5.41) is 3.59. The molecule has 0 saturated carbocycles. The second kappa shape index (κ2) is 5.73. The third kappa shape index (κ3) is 3.17. The van der Waals surface area contributed by atoms with Crippen LogP contribution in [0.15, 0.2) is 16.5 Å². The Bertz CT molecular complexity index is 853. The summed E-state index contributed by atoms with van der Waals surface area (Å²) in [6.07, 6.45) is 1.44. The van der Waals surface area contributed by atoms with Crippen molar-refractivity contribution in [1.82, 2.24) is 8.68 Å². The lowest BCUT2D eigenvalue weighted by molar-refractivity contribution is -0.116. The van der Waals surface area contributed by atoms with Gasteiger partial charge in [-0.3, -0.25) is 4.79 Å². The van der Waals surface area contributed by atoms with Crippen molar-refractivity contribution in [2.75, 3.05) is 18.6 Å². The van der Waals surface area contributed by atoms with Crippen LogP contribution >= 0.6 is 11.5 Å². The summed E-state index contributed by atoms with van der Waals surface area (Å²) >= 11 is 1.26. The molecule has 3 heterocycles. The van der Waals surface area contributed by atoms with Crippen LogP contribution in [0.3, 0.4) is 0 Å². The highest BCUT2D eigenvalue weighted by molar-refractivity contribution is 7.88. The number of amides is 1. The number of sulfonamides is 1. The van der Waals surface area contributed by atoms with Gasteiger partial charge in [0, 0.05) is 19.0 Å². The standard InChI is InChI=1S/C14H17N3O4S2/c1-8-13-10(6-12(18)15-14(13)22-16-8)11-5-4-9(21-11)7-17(2)23(3,19)20/h4-5,10H,6-7H2,1-3H3,(H,15,18). The van der Waals surface area contributed by atoms with Crippen LogP contribution in [0.25, 0.3) is 0 Å². The third-order valence-corrected chi connectivity index (χ3v) is 6.00. The Morgan fingerprint density at radius 1 is 1.48 bits per heavy atom. The zero-order valence-corrected chi connectivity index (χ0v) is 14.6. The Morgan fingerprint density at radius 2 is 2.22 bits per heavy atom. The molecule has 1 atom stereocenters. The first-order valence-corrected chi connectivity index (χ1v) is 9.64. The number of carbonyl (C=O) groups excluding carboxylic acids is 1. The minimum atomic E-state index is -3.27. The zero-order chi connectivity index (χ0) is 16.8. The molecule has 1 aliphatic rings. The molecule has 1 N–H and O–H groups in total. The average Bonchev–Trinajstić information content (AvgIpc) is 3.04. The maximum Gasteiger partial charge on any atom is 0.226 e. The molecule has 0 spiro atoms. The van der Waals surface area contributed by atoms with Crippen LogP contribution in [0.4, 0.5) is 5.00 Å². The fraction of sp³-hybridized carbons (Fsp3) is 0.429. The van der Waals surface area contributed by atoms with Crippen molar-refractivity contribution in [2.24, 2.45) is 0 Å². The predicted octanol–water partition coefficient (Wildman–Crippen LogP) is 1.91. The maximum absolute atomic E-state index is 11.9. The van der Waals surface area contributed by atoms with Gasteiger partial charge in [-0.1, -0.05) is 0 Å². The molecule has 3 rings (SSSR count). The Labute approximate surface area is 138 Å². The SMILES string of the molecule is Cc1nsc2c1C(c1ccc(CN(C)S(C)(=O)=O)o1)CC(=O)N2. The second-order valence-electron chi connectivity index (χ2n) is 5.64. The molecule has 1 aliphatic heterocycles. The van der Waals surface area contributed by atoms with E-state index in [-0.39, 0.29) is 18.4 Å². The van der Waals surface area contributed by atoms with E-state index in [0.29, 0.717) is 17.9 Å². The molecule has 0 bridgehead atoms. The van der Waals surface area contributed by atoms with Gasteiger partial charge in [-0.2, -0.15) is 8.68 Å². The van der Waals surface area contributed by atoms with Gasteiger partial charge in [0.2, 0.25) is 15.9 Å². The minimum absolute atomic E-state index is 0.0719. The van der Waals surface area contributed by atoms with E-state index in [2.05, 4.69) is 9.69 Å². The summed E-state index contributed by atoms with van der Waals surface area (Å²) in [6.45, 7) is 2.06. The molecule has 0 saturated heterocycles. The van der Waals surface area contributed by atoms with Gasteiger partial charge in [-0.15, -0.1) is 0 Å². The fourth-order valence-electron chi connectivity index (χ4n) is 2.59. The number of fused-ring (bicyclic) bond motifs is 1. The van der Waals surface area contributed by atoms with Crippen molar-refractivity contribution in [3.63, 3.8) is 0 Å². The highest BCUT2D eigenvalue weighted by atomic mass is 32.2. The molecule has 9 heteroatoms. The van der Waals surface area contributed by atoms with Gasteiger partial charge in [0.05, 0.1) is 24.4 Å². The summed E-state index contributed by atoms with van der Waals surface area (Å²) in [4.78, 5) is 11.9. The van der Waals surface area contributed by atoms with Gasteiger partial charge >= 0.3 is 0 Å². The number of nitrogens with zero attached hydrogens (tertiary/aromatic N) is 2. The summed E-state index contributed by atoms with van der Waals surface area (Å²) in [5.74, 6) is 0.940. The van der Waals surface area contributed by atoms with E-state index in [9.17, 15) is 13.2 Å². The van der Waals surface area contributed by atoms with E-state index in [1.54, 1.807) is 12.1 Å². The van der Waals surface area contributed by atoms with Crippen LogP contribution in [0.2, 0.25) is 0 Å². The number of aromatic nitrogens is 1. The molecule has 124 valence electrons. The molecule has 0 fully saturated rings. The zero-order valence-electron chi connectivity index (χ0n) is 13.0. The Balaban J connectivity index is 1.89. The van der Waals surface area contributed by atoms with E-state index in [4.69, 9.17) is 4.42 Å². The first-order valence-electron chi connectivity index (χ1n) is 7.01. The molecule has 2 aromatic heterocycles. The Hall–Kier alpha value is -1.71. The van der Waals surface area contributed by atoms with Crippen LogP contribution in [0.1, 0.15) is 35.1 Å². The van der Waals surface area contributed by atoms with Crippen molar-refractivity contribution < 1.29 is 17.6 Å². The number of rotatable bonds is 4. The number of hydrogen-bond acceptors (Lipinski definition) is 6. The normalized spacial score (nSPS) is 18.1. The summed E-state index contributed by atoms with van der Waals surface area (Å²) in [6, 6.07) is 3.55. The van der Waals surface area contributed by atoms with E-state index in [1.807, 2.05) is 6.92 Å².